The molecular weight excluding hydrogens is 285 g/mol. The number of nitrogens with zero attached hydrogens (tertiary/aromatic N) is 1. The van der Waals surface area contributed by atoms with Crippen molar-refractivity contribution in [1.29, 1.82) is 0 Å². The average Bonchev–Trinajstić information content (AvgIpc) is 2.53. The maximum atomic E-state index is 14.0. The minimum atomic E-state index is -0.558. The minimum absolute atomic E-state index is 0.203. The molecule has 1 aliphatic rings. The van der Waals surface area contributed by atoms with E-state index >= 15 is 0 Å². The van der Waals surface area contributed by atoms with Gasteiger partial charge >= 0.3 is 5.97 Å². The molecule has 3 rings (SSSR count). The van der Waals surface area contributed by atoms with E-state index in [4.69, 9.17) is 9.47 Å². The number of methoxy groups -OCH3 is 1. The van der Waals surface area contributed by atoms with Crippen molar-refractivity contribution in [2.75, 3.05) is 7.11 Å². The number of ether oxygens (including phenoxy) is 2. The van der Waals surface area contributed by atoms with Crippen molar-refractivity contribution < 1.29 is 18.7 Å². The number of carbonyl (C=O) groups is 1. The predicted octanol–water partition coefficient (Wildman–Crippen LogP) is 3.22. The molecule has 0 aliphatic carbocycles. The molecule has 4 nitrogen and oxygen atoms in total. The fourth-order valence-electron chi connectivity index (χ4n) is 2.47. The lowest BCUT2D eigenvalue weighted by atomic mass is 9.93. The third-order valence-corrected chi connectivity index (χ3v) is 3.45. The molecule has 0 fully saturated rings. The molecule has 0 saturated carbocycles. The summed E-state index contributed by atoms with van der Waals surface area (Å²) in [5.41, 5.74) is 2.06. The van der Waals surface area contributed by atoms with Gasteiger partial charge in [-0.15, -0.1) is 0 Å². The van der Waals surface area contributed by atoms with E-state index in [1.165, 1.54) is 13.3 Å². The van der Waals surface area contributed by atoms with Crippen LogP contribution in [0.5, 0.6) is 5.75 Å². The summed E-state index contributed by atoms with van der Waals surface area (Å²) >= 11 is 0. The molecular formula is C17H14FNO3. The molecule has 2 aromatic rings. The van der Waals surface area contributed by atoms with Gasteiger partial charge in [-0.25, -0.2) is 9.78 Å². The zero-order valence-corrected chi connectivity index (χ0v) is 12.2. The van der Waals surface area contributed by atoms with Crippen LogP contribution in [-0.2, 0) is 4.74 Å². The van der Waals surface area contributed by atoms with Crippen molar-refractivity contribution in [1.82, 2.24) is 4.98 Å². The van der Waals surface area contributed by atoms with Crippen LogP contribution in [0.2, 0.25) is 0 Å². The molecule has 1 aromatic heterocycles. The second-order valence-electron chi connectivity index (χ2n) is 4.95. The van der Waals surface area contributed by atoms with Crippen LogP contribution in [0.25, 0.3) is 5.57 Å². The first-order chi connectivity index (χ1) is 10.6. The molecule has 2 heterocycles. The summed E-state index contributed by atoms with van der Waals surface area (Å²) in [6.07, 6.45) is 3.00. The molecule has 0 radical (unpaired) electrons. The van der Waals surface area contributed by atoms with E-state index < -0.39 is 11.9 Å². The lowest BCUT2D eigenvalue weighted by molar-refractivity contribution is 0.0600. The summed E-state index contributed by atoms with van der Waals surface area (Å²) in [5.74, 6) is -0.411. The smallest absolute Gasteiger partial charge is 0.337 e. The number of rotatable bonds is 2. The number of aromatic nitrogens is 1. The Morgan fingerprint density at radius 2 is 2.14 bits per heavy atom. The molecule has 0 bridgehead atoms. The van der Waals surface area contributed by atoms with Crippen LogP contribution in [0, 0.1) is 5.95 Å². The second-order valence-corrected chi connectivity index (χ2v) is 4.95. The van der Waals surface area contributed by atoms with Crippen molar-refractivity contribution >= 4 is 11.5 Å². The third-order valence-electron chi connectivity index (χ3n) is 3.45. The van der Waals surface area contributed by atoms with Gasteiger partial charge in [-0.3, -0.25) is 0 Å². The minimum Gasteiger partial charge on any atom is -0.486 e. The highest BCUT2D eigenvalue weighted by Crippen LogP contribution is 2.37. The number of halogens is 1. The van der Waals surface area contributed by atoms with Gasteiger partial charge in [0.2, 0.25) is 5.95 Å². The first-order valence-corrected chi connectivity index (χ1v) is 6.82. The fraction of sp³-hybridized carbons (Fsp3) is 0.176. The number of benzene rings is 1. The number of hydrogen-bond acceptors (Lipinski definition) is 4. The number of carbonyl (C=O) groups excluding carboxylic acids is 1. The van der Waals surface area contributed by atoms with Gasteiger partial charge < -0.3 is 9.47 Å². The Morgan fingerprint density at radius 1 is 1.32 bits per heavy atom. The van der Waals surface area contributed by atoms with Crippen molar-refractivity contribution in [3.05, 3.63) is 65.2 Å². The highest BCUT2D eigenvalue weighted by Gasteiger charge is 2.23. The SMILES string of the molecule is COC(=O)c1ccc2c(c1)C(c1cccnc1F)=CC(C)O2. The van der Waals surface area contributed by atoms with E-state index in [1.807, 2.05) is 13.0 Å². The van der Waals surface area contributed by atoms with Crippen molar-refractivity contribution in [2.24, 2.45) is 0 Å². The number of hydrogen-bond donors (Lipinski definition) is 0. The summed E-state index contributed by atoms with van der Waals surface area (Å²) in [6, 6.07) is 8.29. The summed E-state index contributed by atoms with van der Waals surface area (Å²) in [7, 11) is 1.32. The van der Waals surface area contributed by atoms with Gasteiger partial charge in [-0.1, -0.05) is 0 Å². The van der Waals surface area contributed by atoms with E-state index in [2.05, 4.69) is 4.98 Å². The summed E-state index contributed by atoms with van der Waals surface area (Å²) in [5, 5.41) is 0. The first-order valence-electron chi connectivity index (χ1n) is 6.82. The average molecular weight is 299 g/mol. The Labute approximate surface area is 127 Å². The molecule has 0 saturated heterocycles. The predicted molar refractivity (Wildman–Crippen MR) is 79.1 cm³/mol. The van der Waals surface area contributed by atoms with Gasteiger partial charge in [0.25, 0.3) is 0 Å². The first kappa shape index (κ1) is 14.3. The van der Waals surface area contributed by atoms with Crippen LogP contribution < -0.4 is 4.74 Å². The Hall–Kier alpha value is -2.69. The highest BCUT2D eigenvalue weighted by molar-refractivity contribution is 5.93. The van der Waals surface area contributed by atoms with Crippen LogP contribution >= 0.6 is 0 Å². The van der Waals surface area contributed by atoms with E-state index in [0.717, 1.165) is 0 Å². The topological polar surface area (TPSA) is 48.4 Å². The van der Waals surface area contributed by atoms with Gasteiger partial charge in [-0.05, 0) is 48.9 Å². The van der Waals surface area contributed by atoms with Gasteiger partial charge in [0, 0.05) is 17.3 Å². The molecule has 112 valence electrons. The molecule has 22 heavy (non-hydrogen) atoms. The standard InChI is InChI=1S/C17H14FNO3/c1-10-8-13(12-4-3-7-19-16(12)18)14-9-11(17(20)21-2)5-6-15(14)22-10/h3-10H,1-2H3. The van der Waals surface area contributed by atoms with Gasteiger partial charge in [0.1, 0.15) is 11.9 Å². The van der Waals surface area contributed by atoms with Crippen LogP contribution in [0.4, 0.5) is 4.39 Å². The number of esters is 1. The van der Waals surface area contributed by atoms with Crippen molar-refractivity contribution in [3.63, 3.8) is 0 Å². The van der Waals surface area contributed by atoms with E-state index in [-0.39, 0.29) is 6.10 Å². The molecule has 0 amide bonds. The molecule has 1 aliphatic heterocycles. The Morgan fingerprint density at radius 3 is 2.86 bits per heavy atom. The summed E-state index contributed by atoms with van der Waals surface area (Å²) in [6.45, 7) is 1.87. The van der Waals surface area contributed by atoms with Crippen LogP contribution in [0.1, 0.15) is 28.4 Å². The van der Waals surface area contributed by atoms with E-state index in [9.17, 15) is 9.18 Å². The third kappa shape index (κ3) is 2.45. The fourth-order valence-corrected chi connectivity index (χ4v) is 2.47. The Bertz CT molecular complexity index is 770. The van der Waals surface area contributed by atoms with Gasteiger partial charge in [0.05, 0.1) is 12.7 Å². The number of pyridine rings is 1. The summed E-state index contributed by atoms with van der Waals surface area (Å²) < 4.78 is 24.5. The normalized spacial score (nSPS) is 16.3. The molecule has 1 aromatic carbocycles. The molecule has 0 N–H and O–H groups in total. The lowest BCUT2D eigenvalue weighted by Gasteiger charge is -2.24. The highest BCUT2D eigenvalue weighted by atomic mass is 19.1. The van der Waals surface area contributed by atoms with E-state index in [1.54, 1.807) is 30.3 Å². The molecule has 5 heteroatoms. The van der Waals surface area contributed by atoms with Gasteiger partial charge in [-0.2, -0.15) is 4.39 Å². The zero-order chi connectivity index (χ0) is 15.7. The zero-order valence-electron chi connectivity index (χ0n) is 12.2. The monoisotopic (exact) mass is 299 g/mol. The van der Waals surface area contributed by atoms with Crippen LogP contribution in [-0.4, -0.2) is 24.2 Å². The van der Waals surface area contributed by atoms with Crippen molar-refractivity contribution in [2.45, 2.75) is 13.0 Å². The quantitative estimate of drug-likeness (QED) is 0.631. The Kier molecular flexibility index (Phi) is 3.63. The van der Waals surface area contributed by atoms with Crippen molar-refractivity contribution in [3.8, 4) is 5.75 Å². The Balaban J connectivity index is 2.16. The second kappa shape index (κ2) is 5.60. The maximum Gasteiger partial charge on any atom is 0.337 e. The number of fused-ring (bicyclic) bond motifs is 1. The lowest BCUT2D eigenvalue weighted by Crippen LogP contribution is -2.16. The molecule has 0 spiro atoms. The summed E-state index contributed by atoms with van der Waals surface area (Å²) in [4.78, 5) is 15.4. The van der Waals surface area contributed by atoms with Crippen LogP contribution in [0.3, 0.4) is 0 Å². The van der Waals surface area contributed by atoms with Crippen LogP contribution in [0.15, 0.2) is 42.6 Å². The maximum absolute atomic E-state index is 14.0. The van der Waals surface area contributed by atoms with Gasteiger partial charge in [0.15, 0.2) is 0 Å². The molecule has 1 atom stereocenters. The molecule has 1 unspecified atom stereocenters. The largest absolute Gasteiger partial charge is 0.486 e. The van der Waals surface area contributed by atoms with E-state index in [0.29, 0.717) is 28.0 Å².